The second-order valence-electron chi connectivity index (χ2n) is 6.36. The summed E-state index contributed by atoms with van der Waals surface area (Å²) in [5.74, 6) is -0.883. The van der Waals surface area contributed by atoms with Gasteiger partial charge in [-0.05, 0) is 42.3 Å². The first-order valence-corrected chi connectivity index (χ1v) is 12.4. The van der Waals surface area contributed by atoms with Crippen molar-refractivity contribution in [3.05, 3.63) is 44.8 Å². The standard InChI is InChI=1S/C19H21NO5S3/c1-2-20(14-7-10-28(23,24)13-14)18(21)12-25-19(22)16(17-6-4-9-27-17)11-15-5-3-8-26-15/h3-6,8-9,11,14H,2,7,10,12-13H2,1H3/b16-11+/t14-/m1/s1. The third kappa shape index (κ3) is 5.09. The summed E-state index contributed by atoms with van der Waals surface area (Å²) in [7, 11) is -3.10. The van der Waals surface area contributed by atoms with E-state index in [1.807, 2.05) is 35.0 Å². The van der Waals surface area contributed by atoms with Crippen molar-refractivity contribution in [3.8, 4) is 0 Å². The van der Waals surface area contributed by atoms with Crippen molar-refractivity contribution in [2.75, 3.05) is 24.7 Å². The van der Waals surface area contributed by atoms with Gasteiger partial charge in [0.15, 0.2) is 16.4 Å². The molecule has 1 aliphatic heterocycles. The lowest BCUT2D eigenvalue weighted by Crippen LogP contribution is -2.43. The number of hydrogen-bond donors (Lipinski definition) is 0. The largest absolute Gasteiger partial charge is 0.452 e. The normalized spacial score (nSPS) is 18.8. The summed E-state index contributed by atoms with van der Waals surface area (Å²) >= 11 is 2.92. The van der Waals surface area contributed by atoms with Crippen LogP contribution in [0.5, 0.6) is 0 Å². The lowest BCUT2D eigenvalue weighted by molar-refractivity contribution is -0.148. The predicted molar refractivity (Wildman–Crippen MR) is 112 cm³/mol. The first-order chi connectivity index (χ1) is 13.4. The molecule has 1 aliphatic rings. The second kappa shape index (κ2) is 9.02. The molecule has 0 aromatic carbocycles. The van der Waals surface area contributed by atoms with Crippen LogP contribution in [0.4, 0.5) is 0 Å². The van der Waals surface area contributed by atoms with Gasteiger partial charge < -0.3 is 9.64 Å². The van der Waals surface area contributed by atoms with Gasteiger partial charge in [-0.2, -0.15) is 0 Å². The number of rotatable bonds is 7. The first-order valence-electron chi connectivity index (χ1n) is 8.85. The Hall–Kier alpha value is -1.97. The number of carbonyl (C=O) groups is 2. The van der Waals surface area contributed by atoms with Crippen LogP contribution in [-0.4, -0.2) is 55.9 Å². The number of likely N-dealkylation sites (N-methyl/N-ethyl adjacent to an activating group) is 1. The van der Waals surface area contributed by atoms with E-state index in [0.717, 1.165) is 9.75 Å². The maximum Gasteiger partial charge on any atom is 0.340 e. The van der Waals surface area contributed by atoms with E-state index in [4.69, 9.17) is 4.74 Å². The Morgan fingerprint density at radius 3 is 2.57 bits per heavy atom. The molecule has 1 amide bonds. The van der Waals surface area contributed by atoms with Crippen molar-refractivity contribution in [3.63, 3.8) is 0 Å². The van der Waals surface area contributed by atoms with Crippen LogP contribution in [0.1, 0.15) is 23.1 Å². The lowest BCUT2D eigenvalue weighted by atomic mass is 10.2. The molecule has 1 atom stereocenters. The molecule has 1 fully saturated rings. The fourth-order valence-electron chi connectivity index (χ4n) is 3.13. The van der Waals surface area contributed by atoms with Gasteiger partial charge in [-0.1, -0.05) is 12.1 Å². The number of nitrogens with zero attached hydrogens (tertiary/aromatic N) is 1. The number of amides is 1. The highest BCUT2D eigenvalue weighted by Gasteiger charge is 2.34. The van der Waals surface area contributed by atoms with Gasteiger partial charge in [0, 0.05) is 22.3 Å². The number of thiophene rings is 2. The molecule has 28 heavy (non-hydrogen) atoms. The number of hydrogen-bond acceptors (Lipinski definition) is 7. The summed E-state index contributed by atoms with van der Waals surface area (Å²) in [4.78, 5) is 28.4. The molecule has 1 saturated heterocycles. The van der Waals surface area contributed by atoms with Gasteiger partial charge in [-0.25, -0.2) is 13.2 Å². The SMILES string of the molecule is CCN(C(=O)COC(=O)/C(=C/c1cccs1)c1cccs1)[C@@H]1CCS(=O)(=O)C1. The molecule has 2 aromatic heterocycles. The van der Waals surface area contributed by atoms with Crippen LogP contribution in [0.2, 0.25) is 0 Å². The third-order valence-electron chi connectivity index (χ3n) is 4.47. The molecule has 2 aromatic rings. The quantitative estimate of drug-likeness (QED) is 0.489. The molecule has 150 valence electrons. The highest BCUT2D eigenvalue weighted by molar-refractivity contribution is 7.91. The van der Waals surface area contributed by atoms with Crippen molar-refractivity contribution >= 4 is 56.0 Å². The summed E-state index contributed by atoms with van der Waals surface area (Å²) in [6.45, 7) is 1.76. The fourth-order valence-corrected chi connectivity index (χ4v) is 6.24. The summed E-state index contributed by atoms with van der Waals surface area (Å²) in [6.07, 6.45) is 2.18. The van der Waals surface area contributed by atoms with Crippen molar-refractivity contribution < 1.29 is 22.7 Å². The van der Waals surface area contributed by atoms with Gasteiger partial charge >= 0.3 is 5.97 Å². The van der Waals surface area contributed by atoms with E-state index in [1.54, 1.807) is 13.0 Å². The van der Waals surface area contributed by atoms with E-state index in [-0.39, 0.29) is 23.5 Å². The molecule has 0 N–H and O–H groups in total. The van der Waals surface area contributed by atoms with Crippen LogP contribution >= 0.6 is 22.7 Å². The molecule has 9 heteroatoms. The number of esters is 1. The van der Waals surface area contributed by atoms with E-state index in [1.165, 1.54) is 27.6 Å². The molecule has 3 rings (SSSR count). The second-order valence-corrected chi connectivity index (χ2v) is 10.5. The van der Waals surface area contributed by atoms with Gasteiger partial charge in [0.05, 0.1) is 17.1 Å². The number of ether oxygens (including phenoxy) is 1. The van der Waals surface area contributed by atoms with Gasteiger partial charge in [-0.3, -0.25) is 4.79 Å². The zero-order chi connectivity index (χ0) is 20.1. The van der Waals surface area contributed by atoms with Crippen LogP contribution < -0.4 is 0 Å². The molecule has 6 nitrogen and oxygen atoms in total. The number of carbonyl (C=O) groups excluding carboxylic acids is 2. The Morgan fingerprint density at radius 1 is 1.25 bits per heavy atom. The Balaban J connectivity index is 1.68. The molecular formula is C19H21NO5S3. The maximum atomic E-state index is 12.7. The topological polar surface area (TPSA) is 80.8 Å². The van der Waals surface area contributed by atoms with Gasteiger partial charge in [0.2, 0.25) is 0 Å². The average molecular weight is 440 g/mol. The Kier molecular flexibility index (Phi) is 6.69. The first kappa shape index (κ1) is 20.8. The molecule has 0 unspecified atom stereocenters. The molecule has 3 heterocycles. The summed E-state index contributed by atoms with van der Waals surface area (Å²) in [6, 6.07) is 7.12. The number of sulfone groups is 1. The molecule has 0 saturated carbocycles. The minimum absolute atomic E-state index is 0.0285. The third-order valence-corrected chi connectivity index (χ3v) is 7.95. The van der Waals surface area contributed by atoms with Crippen LogP contribution in [0.15, 0.2) is 35.0 Å². The minimum Gasteiger partial charge on any atom is -0.452 e. The Morgan fingerprint density at radius 2 is 2.00 bits per heavy atom. The highest BCUT2D eigenvalue weighted by atomic mass is 32.2. The molecular weight excluding hydrogens is 418 g/mol. The molecule has 0 bridgehead atoms. The molecule has 0 radical (unpaired) electrons. The van der Waals surface area contributed by atoms with Crippen molar-refractivity contribution in [2.45, 2.75) is 19.4 Å². The highest BCUT2D eigenvalue weighted by Crippen LogP contribution is 2.26. The summed E-state index contributed by atoms with van der Waals surface area (Å²) in [5.41, 5.74) is 0.400. The van der Waals surface area contributed by atoms with Crippen LogP contribution in [0.3, 0.4) is 0 Å². The van der Waals surface area contributed by atoms with E-state index in [9.17, 15) is 18.0 Å². The molecule has 0 aliphatic carbocycles. The lowest BCUT2D eigenvalue weighted by Gasteiger charge is -2.26. The van der Waals surface area contributed by atoms with Gasteiger partial charge in [0.1, 0.15) is 0 Å². The van der Waals surface area contributed by atoms with Crippen molar-refractivity contribution in [1.29, 1.82) is 0 Å². The monoisotopic (exact) mass is 439 g/mol. The zero-order valence-corrected chi connectivity index (χ0v) is 17.8. The van der Waals surface area contributed by atoms with Gasteiger partial charge in [0.25, 0.3) is 5.91 Å². The summed E-state index contributed by atoms with van der Waals surface area (Å²) in [5, 5.41) is 3.79. The van der Waals surface area contributed by atoms with Crippen LogP contribution in [-0.2, 0) is 24.2 Å². The fraction of sp³-hybridized carbons (Fsp3) is 0.368. The van der Waals surface area contributed by atoms with E-state index in [0.29, 0.717) is 18.5 Å². The summed E-state index contributed by atoms with van der Waals surface area (Å²) < 4.78 is 28.7. The van der Waals surface area contributed by atoms with E-state index in [2.05, 4.69) is 0 Å². The van der Waals surface area contributed by atoms with Crippen LogP contribution in [0, 0.1) is 0 Å². The van der Waals surface area contributed by atoms with Crippen LogP contribution in [0.25, 0.3) is 11.6 Å². The maximum absolute atomic E-state index is 12.7. The Bertz CT molecular complexity index is 946. The molecule has 0 spiro atoms. The smallest absolute Gasteiger partial charge is 0.340 e. The van der Waals surface area contributed by atoms with Crippen molar-refractivity contribution in [2.24, 2.45) is 0 Å². The predicted octanol–water partition coefficient (Wildman–Crippen LogP) is 2.93. The van der Waals surface area contributed by atoms with E-state index < -0.39 is 22.4 Å². The van der Waals surface area contributed by atoms with E-state index >= 15 is 0 Å². The average Bonchev–Trinajstić information content (AvgIpc) is 3.40. The Labute approximate surface area is 172 Å². The van der Waals surface area contributed by atoms with Crippen molar-refractivity contribution in [1.82, 2.24) is 4.90 Å². The minimum atomic E-state index is -3.10. The zero-order valence-electron chi connectivity index (χ0n) is 15.4. The van der Waals surface area contributed by atoms with Gasteiger partial charge in [-0.15, -0.1) is 22.7 Å².